The number of fused-ring (bicyclic) bond motifs is 2. The Kier molecular flexibility index (Phi) is 9.67. The quantitative estimate of drug-likeness (QED) is 0.207. The van der Waals surface area contributed by atoms with Crippen molar-refractivity contribution < 1.29 is 9.68 Å². The minimum Gasteiger partial charge on any atom is -0.536 e. The second-order valence-electron chi connectivity index (χ2n) is 11.1. The van der Waals surface area contributed by atoms with Crippen LogP contribution in [0.15, 0.2) is 77.7 Å². The topological polar surface area (TPSA) is 140 Å². The summed E-state index contributed by atoms with van der Waals surface area (Å²) in [5.74, 6) is 7.41. The van der Waals surface area contributed by atoms with Crippen molar-refractivity contribution in [2.24, 2.45) is 23.7 Å². The second-order valence-corrected chi connectivity index (χ2v) is 11.9. The lowest BCUT2D eigenvalue weighted by Gasteiger charge is -2.18. The van der Waals surface area contributed by atoms with Gasteiger partial charge in [-0.2, -0.15) is 0 Å². The maximum atomic E-state index is 8.46. The van der Waals surface area contributed by atoms with Crippen molar-refractivity contribution in [1.82, 2.24) is 19.9 Å². The minimum absolute atomic E-state index is 0. The van der Waals surface area contributed by atoms with Crippen molar-refractivity contribution in [1.29, 1.82) is 0 Å². The third-order valence-corrected chi connectivity index (χ3v) is 8.51. The van der Waals surface area contributed by atoms with E-state index in [1.54, 1.807) is 18.3 Å². The Morgan fingerprint density at radius 2 is 1.30 bits per heavy atom. The summed E-state index contributed by atoms with van der Waals surface area (Å²) >= 11 is 3.17. The van der Waals surface area contributed by atoms with Crippen molar-refractivity contribution in [3.63, 3.8) is 0 Å². The van der Waals surface area contributed by atoms with Gasteiger partial charge in [0, 0.05) is 37.9 Å². The van der Waals surface area contributed by atoms with Crippen molar-refractivity contribution in [2.45, 2.75) is 20.3 Å². The number of piperidine rings is 2. The Bertz CT molecular complexity index is 1460. The molecule has 4 aromatic heterocycles. The predicted molar refractivity (Wildman–Crippen MR) is 175 cm³/mol. The molecule has 0 spiro atoms. The zero-order valence-corrected chi connectivity index (χ0v) is 24.7. The van der Waals surface area contributed by atoms with Crippen LogP contribution in [0.1, 0.15) is 20.3 Å². The number of hydrogen-bond donors (Lipinski definition) is 3. The van der Waals surface area contributed by atoms with Crippen molar-refractivity contribution in [3.8, 4) is 17.0 Å². The number of aromatic nitrogens is 4. The van der Waals surface area contributed by atoms with Gasteiger partial charge in [-0.3, -0.25) is 0 Å². The smallest absolute Gasteiger partial charge is 0.536 e. The first-order valence-corrected chi connectivity index (χ1v) is 14.9. The predicted octanol–water partition coefficient (Wildman–Crippen LogP) is 4.69. The molecule has 0 amide bonds. The summed E-state index contributed by atoms with van der Waals surface area (Å²) in [5, 5.41) is 8.46. The Balaban J connectivity index is 0.000000137. The maximum Gasteiger partial charge on any atom is 0.569 e. The highest BCUT2D eigenvalue weighted by Gasteiger charge is 2.46. The first kappa shape index (κ1) is 30.6. The van der Waals surface area contributed by atoms with Gasteiger partial charge in [0.2, 0.25) is 0 Å². The van der Waals surface area contributed by atoms with E-state index < -0.39 is 0 Å². The van der Waals surface area contributed by atoms with Gasteiger partial charge in [-0.25, -0.2) is 19.9 Å². The second kappa shape index (κ2) is 13.6. The minimum atomic E-state index is 0. The molecule has 5 N–H and O–H groups in total. The third kappa shape index (κ3) is 7.94. The van der Waals surface area contributed by atoms with E-state index in [1.165, 1.54) is 25.9 Å². The lowest BCUT2D eigenvalue weighted by molar-refractivity contribution is 0.452. The van der Waals surface area contributed by atoms with Crippen molar-refractivity contribution in [2.75, 3.05) is 47.4 Å². The van der Waals surface area contributed by atoms with Gasteiger partial charge in [0.15, 0.2) is 0 Å². The molecule has 43 heavy (non-hydrogen) atoms. The van der Waals surface area contributed by atoms with Crippen LogP contribution in [0.4, 0.5) is 23.3 Å². The number of rotatable bonds is 5. The molecule has 10 nitrogen and oxygen atoms in total. The zero-order valence-electron chi connectivity index (χ0n) is 23.1. The lowest BCUT2D eigenvalue weighted by atomic mass is 10.2. The van der Waals surface area contributed by atoms with Crippen LogP contribution in [0, 0.1) is 23.7 Å². The number of nitrogens with two attached hydrogens (primary N) is 2. The van der Waals surface area contributed by atoms with Gasteiger partial charge >= 0.3 is 7.69 Å². The molecule has 4 fully saturated rings. The molecular weight excluding hydrogens is 607 g/mol. The molecular formula is C31H37BBrN8O2. The molecule has 2 aliphatic heterocycles. The van der Waals surface area contributed by atoms with Gasteiger partial charge in [-0.05, 0) is 101 Å². The highest BCUT2D eigenvalue weighted by atomic mass is 79.9. The summed E-state index contributed by atoms with van der Waals surface area (Å²) in [7, 11) is 0.668. The molecule has 4 unspecified atom stereocenters. The van der Waals surface area contributed by atoms with Gasteiger partial charge in [-0.15, -0.1) is 0 Å². The molecule has 12 heteroatoms. The average Bonchev–Trinajstić information content (AvgIpc) is 3.84. The molecule has 0 bridgehead atoms. The van der Waals surface area contributed by atoms with E-state index in [2.05, 4.69) is 57.8 Å². The van der Waals surface area contributed by atoms with E-state index in [-0.39, 0.29) is 7.43 Å². The number of nitrogens with zero attached hydrogens (tertiary/aromatic N) is 6. The van der Waals surface area contributed by atoms with E-state index in [1.807, 2.05) is 42.6 Å². The molecule has 8 rings (SSSR count). The molecule has 223 valence electrons. The monoisotopic (exact) mass is 643 g/mol. The van der Waals surface area contributed by atoms with Gasteiger partial charge in [0.1, 0.15) is 33.6 Å². The highest BCUT2D eigenvalue weighted by molar-refractivity contribution is 9.10. The number of pyridine rings is 4. The fourth-order valence-electron chi connectivity index (χ4n) is 5.62. The summed E-state index contributed by atoms with van der Waals surface area (Å²) in [6.45, 7) is 4.63. The number of halogens is 1. The summed E-state index contributed by atoms with van der Waals surface area (Å²) in [6, 6.07) is 19.0. The van der Waals surface area contributed by atoms with Crippen LogP contribution in [0.25, 0.3) is 11.3 Å². The lowest BCUT2D eigenvalue weighted by Crippen LogP contribution is -2.22. The number of anilines is 4. The van der Waals surface area contributed by atoms with Crippen molar-refractivity contribution in [3.05, 3.63) is 77.7 Å². The molecule has 2 saturated heterocycles. The van der Waals surface area contributed by atoms with E-state index in [0.717, 1.165) is 64.3 Å². The van der Waals surface area contributed by atoms with Crippen LogP contribution in [0.3, 0.4) is 0 Å². The summed E-state index contributed by atoms with van der Waals surface area (Å²) in [4.78, 5) is 21.7. The van der Waals surface area contributed by atoms with Gasteiger partial charge in [0.05, 0.1) is 11.9 Å². The summed E-state index contributed by atoms with van der Waals surface area (Å²) in [6.07, 6.45) is 6.34. The molecule has 1 radical (unpaired) electrons. The normalized spacial score (nSPS) is 22.0. The van der Waals surface area contributed by atoms with Crippen LogP contribution in [-0.2, 0) is 0 Å². The standard InChI is InChI=1S/C15H16N4.C10H12BN2O2.C5H5BrN2.CH4/c16-14-3-1-2-13(18-14)10-4-5-15(17-7-10)19-8-11-6-12(11)9-19;14-11-15-9-1-2-10(12-4-9)13-5-7-3-8(7)6-13;6-4-2-1-3-5(7)8-4;/h1-5,7,11-12H,6,8-9H2,(H2,16,18);1-2,4,7-8,14H,3,5-6H2;1-3H,(H2,7,8);1H4. The maximum absolute atomic E-state index is 8.46. The van der Waals surface area contributed by atoms with E-state index in [9.17, 15) is 0 Å². The van der Waals surface area contributed by atoms with Crippen LogP contribution >= 0.6 is 15.9 Å². The van der Waals surface area contributed by atoms with E-state index in [0.29, 0.717) is 25.1 Å². The van der Waals surface area contributed by atoms with Gasteiger partial charge in [0.25, 0.3) is 0 Å². The Hall–Kier alpha value is -3.90. The average molecular weight is 644 g/mol. The van der Waals surface area contributed by atoms with Crippen molar-refractivity contribution >= 4 is 46.9 Å². The fourth-order valence-corrected chi connectivity index (χ4v) is 5.98. The van der Waals surface area contributed by atoms with Crippen LogP contribution < -0.4 is 25.9 Å². The zero-order chi connectivity index (χ0) is 29.1. The molecule has 4 atom stereocenters. The molecule has 0 aromatic carbocycles. The Morgan fingerprint density at radius 1 is 0.744 bits per heavy atom. The highest BCUT2D eigenvalue weighted by Crippen LogP contribution is 2.46. The number of nitrogen functional groups attached to an aromatic ring is 2. The molecule has 2 saturated carbocycles. The molecule has 6 heterocycles. The number of hydrogen-bond acceptors (Lipinski definition) is 10. The summed E-state index contributed by atoms with van der Waals surface area (Å²) in [5.41, 5.74) is 12.9. The largest absolute Gasteiger partial charge is 0.569 e. The SMILES string of the molecule is C.Nc1cccc(-c2ccc(N3CC4CC4C3)nc2)n1.Nc1cccc(Br)n1.O[B]Oc1ccc(N2CC3CC3C2)nc1. The Morgan fingerprint density at radius 3 is 1.74 bits per heavy atom. The Labute approximate surface area is 262 Å². The molecule has 2 aliphatic carbocycles. The first-order chi connectivity index (χ1) is 20.4. The van der Waals surface area contributed by atoms with Gasteiger partial charge < -0.3 is 30.9 Å². The van der Waals surface area contributed by atoms with Crippen LogP contribution in [-0.4, -0.2) is 58.8 Å². The summed E-state index contributed by atoms with van der Waals surface area (Å²) < 4.78 is 5.58. The molecule has 4 aliphatic rings. The van der Waals surface area contributed by atoms with E-state index >= 15 is 0 Å². The van der Waals surface area contributed by atoms with Crippen LogP contribution in [0.5, 0.6) is 5.75 Å². The van der Waals surface area contributed by atoms with Crippen LogP contribution in [0.2, 0.25) is 0 Å². The fraction of sp³-hybridized carbons (Fsp3) is 0.355. The first-order valence-electron chi connectivity index (χ1n) is 14.1. The third-order valence-electron chi connectivity index (χ3n) is 8.07. The molecule has 4 aromatic rings. The van der Waals surface area contributed by atoms with Gasteiger partial charge in [-0.1, -0.05) is 19.6 Å². The van der Waals surface area contributed by atoms with E-state index in [4.69, 9.17) is 21.1 Å².